The maximum atomic E-state index is 13.9. The molecule has 0 aromatic heterocycles. The minimum Gasteiger partial charge on any atom is -0.319 e. The lowest BCUT2D eigenvalue weighted by atomic mass is 9.92. The molecule has 1 N–H and O–H groups in total. The highest BCUT2D eigenvalue weighted by Gasteiger charge is 2.13. The SMILES string of the molecule is CNCC(Cc1cccc(C)c1)Cc1cc(Br)ccc1F. The first-order valence-corrected chi connectivity index (χ1v) is 8.02. The van der Waals surface area contributed by atoms with Crippen LogP contribution in [0.4, 0.5) is 4.39 Å². The van der Waals surface area contributed by atoms with E-state index in [-0.39, 0.29) is 5.82 Å². The minimum absolute atomic E-state index is 0.122. The summed E-state index contributed by atoms with van der Waals surface area (Å²) in [6.45, 7) is 2.98. The molecule has 1 unspecified atom stereocenters. The molecule has 0 radical (unpaired) electrons. The van der Waals surface area contributed by atoms with E-state index in [0.717, 1.165) is 29.4 Å². The molecule has 1 nitrogen and oxygen atoms in total. The van der Waals surface area contributed by atoms with Gasteiger partial charge in [-0.05, 0) is 68.6 Å². The Labute approximate surface area is 134 Å². The summed E-state index contributed by atoms with van der Waals surface area (Å²) in [4.78, 5) is 0. The number of rotatable bonds is 6. The molecule has 0 aliphatic carbocycles. The summed E-state index contributed by atoms with van der Waals surface area (Å²) in [5.41, 5.74) is 3.35. The van der Waals surface area contributed by atoms with Gasteiger partial charge in [0.05, 0.1) is 0 Å². The summed E-state index contributed by atoms with van der Waals surface area (Å²) in [6.07, 6.45) is 1.69. The van der Waals surface area contributed by atoms with Gasteiger partial charge in [0, 0.05) is 4.47 Å². The molecule has 2 aromatic carbocycles. The molecule has 0 amide bonds. The van der Waals surface area contributed by atoms with E-state index < -0.39 is 0 Å². The molecule has 0 saturated carbocycles. The summed E-state index contributed by atoms with van der Waals surface area (Å²) in [6, 6.07) is 13.7. The molecule has 2 rings (SSSR count). The van der Waals surface area contributed by atoms with Gasteiger partial charge in [0.25, 0.3) is 0 Å². The molecule has 3 heteroatoms. The molecule has 0 fully saturated rings. The van der Waals surface area contributed by atoms with Crippen molar-refractivity contribution in [1.29, 1.82) is 0 Å². The Morgan fingerprint density at radius 1 is 1.14 bits per heavy atom. The van der Waals surface area contributed by atoms with E-state index in [2.05, 4.69) is 52.4 Å². The van der Waals surface area contributed by atoms with E-state index in [9.17, 15) is 4.39 Å². The average molecular weight is 350 g/mol. The molecule has 21 heavy (non-hydrogen) atoms. The first kappa shape index (κ1) is 16.2. The van der Waals surface area contributed by atoms with Crippen LogP contribution in [-0.2, 0) is 12.8 Å². The quantitative estimate of drug-likeness (QED) is 0.808. The predicted molar refractivity (Wildman–Crippen MR) is 90.1 cm³/mol. The third kappa shape index (κ3) is 4.94. The van der Waals surface area contributed by atoms with Gasteiger partial charge in [-0.2, -0.15) is 0 Å². The Kier molecular flexibility index (Phi) is 5.95. The van der Waals surface area contributed by atoms with E-state index in [4.69, 9.17) is 0 Å². The van der Waals surface area contributed by atoms with Crippen LogP contribution >= 0.6 is 15.9 Å². The highest BCUT2D eigenvalue weighted by atomic mass is 79.9. The van der Waals surface area contributed by atoms with Crippen molar-refractivity contribution < 1.29 is 4.39 Å². The van der Waals surface area contributed by atoms with Crippen molar-refractivity contribution in [2.75, 3.05) is 13.6 Å². The number of hydrogen-bond acceptors (Lipinski definition) is 1. The second kappa shape index (κ2) is 7.71. The van der Waals surface area contributed by atoms with Gasteiger partial charge < -0.3 is 5.32 Å². The molecule has 0 spiro atoms. The highest BCUT2D eigenvalue weighted by Crippen LogP contribution is 2.21. The lowest BCUT2D eigenvalue weighted by molar-refractivity contribution is 0.479. The van der Waals surface area contributed by atoms with Crippen molar-refractivity contribution >= 4 is 15.9 Å². The summed E-state index contributed by atoms with van der Waals surface area (Å²) in [7, 11) is 1.94. The van der Waals surface area contributed by atoms with Crippen LogP contribution in [0.3, 0.4) is 0 Å². The maximum absolute atomic E-state index is 13.9. The van der Waals surface area contributed by atoms with Gasteiger partial charge in [0.15, 0.2) is 0 Å². The number of halogens is 2. The highest BCUT2D eigenvalue weighted by molar-refractivity contribution is 9.10. The van der Waals surface area contributed by atoms with Crippen LogP contribution in [0, 0.1) is 18.7 Å². The third-order valence-corrected chi connectivity index (χ3v) is 4.11. The minimum atomic E-state index is -0.122. The lowest BCUT2D eigenvalue weighted by Gasteiger charge is -2.18. The van der Waals surface area contributed by atoms with Crippen molar-refractivity contribution in [3.63, 3.8) is 0 Å². The van der Waals surface area contributed by atoms with E-state index in [1.54, 1.807) is 6.07 Å². The Morgan fingerprint density at radius 3 is 2.67 bits per heavy atom. The molecule has 2 aromatic rings. The smallest absolute Gasteiger partial charge is 0.126 e. The number of hydrogen-bond donors (Lipinski definition) is 1. The fourth-order valence-electron chi connectivity index (χ4n) is 2.69. The second-order valence-electron chi connectivity index (χ2n) is 5.56. The van der Waals surface area contributed by atoms with Gasteiger partial charge in [0.1, 0.15) is 5.82 Å². The molecule has 112 valence electrons. The molecule has 0 bridgehead atoms. The zero-order chi connectivity index (χ0) is 15.2. The molecule has 0 aliphatic rings. The number of aryl methyl sites for hydroxylation is 1. The summed E-state index contributed by atoms with van der Waals surface area (Å²) in [5.74, 6) is 0.254. The van der Waals surface area contributed by atoms with Crippen LogP contribution in [0.2, 0.25) is 0 Å². The summed E-state index contributed by atoms with van der Waals surface area (Å²) < 4.78 is 14.9. The van der Waals surface area contributed by atoms with Crippen molar-refractivity contribution in [1.82, 2.24) is 5.32 Å². The molecule has 0 aliphatic heterocycles. The van der Waals surface area contributed by atoms with Gasteiger partial charge in [0.2, 0.25) is 0 Å². The lowest BCUT2D eigenvalue weighted by Crippen LogP contribution is -2.23. The number of benzene rings is 2. The predicted octanol–water partition coefficient (Wildman–Crippen LogP) is 4.52. The van der Waals surface area contributed by atoms with Crippen molar-refractivity contribution in [3.05, 3.63) is 69.4 Å². The Bertz CT molecular complexity index is 598. The monoisotopic (exact) mass is 349 g/mol. The Hall–Kier alpha value is -1.19. The fourth-order valence-corrected chi connectivity index (χ4v) is 3.10. The van der Waals surface area contributed by atoms with E-state index in [1.807, 2.05) is 13.1 Å². The van der Waals surface area contributed by atoms with Crippen molar-refractivity contribution in [2.45, 2.75) is 19.8 Å². The molecule has 0 heterocycles. The standard InChI is InChI=1S/C18H21BrFN/c1-13-4-3-5-14(8-13)9-15(12-21-2)10-16-11-17(19)6-7-18(16)20/h3-8,11,15,21H,9-10,12H2,1-2H3. The maximum Gasteiger partial charge on any atom is 0.126 e. The topological polar surface area (TPSA) is 12.0 Å². The molecule has 1 atom stereocenters. The van der Waals surface area contributed by atoms with Crippen LogP contribution in [-0.4, -0.2) is 13.6 Å². The first-order valence-electron chi connectivity index (χ1n) is 7.22. The molecular formula is C18H21BrFN. The van der Waals surface area contributed by atoms with Gasteiger partial charge in [-0.3, -0.25) is 0 Å². The van der Waals surface area contributed by atoms with Gasteiger partial charge in [-0.1, -0.05) is 45.8 Å². The summed E-state index contributed by atoms with van der Waals surface area (Å²) in [5, 5.41) is 3.22. The fraction of sp³-hybridized carbons (Fsp3) is 0.333. The van der Waals surface area contributed by atoms with Crippen LogP contribution in [0.5, 0.6) is 0 Å². The van der Waals surface area contributed by atoms with E-state index >= 15 is 0 Å². The first-order chi connectivity index (χ1) is 10.1. The zero-order valence-corrected chi connectivity index (χ0v) is 14.1. The van der Waals surface area contributed by atoms with E-state index in [0.29, 0.717) is 5.92 Å². The Balaban J connectivity index is 2.13. The van der Waals surface area contributed by atoms with Crippen LogP contribution < -0.4 is 5.32 Å². The Morgan fingerprint density at radius 2 is 1.95 bits per heavy atom. The third-order valence-electron chi connectivity index (χ3n) is 3.62. The van der Waals surface area contributed by atoms with Crippen LogP contribution in [0.25, 0.3) is 0 Å². The van der Waals surface area contributed by atoms with Gasteiger partial charge in [-0.25, -0.2) is 4.39 Å². The summed E-state index contributed by atoms with van der Waals surface area (Å²) >= 11 is 3.42. The number of nitrogens with one attached hydrogen (secondary N) is 1. The van der Waals surface area contributed by atoms with Crippen molar-refractivity contribution in [3.8, 4) is 0 Å². The van der Waals surface area contributed by atoms with Gasteiger partial charge >= 0.3 is 0 Å². The van der Waals surface area contributed by atoms with Gasteiger partial charge in [-0.15, -0.1) is 0 Å². The zero-order valence-electron chi connectivity index (χ0n) is 12.5. The molecule has 0 saturated heterocycles. The van der Waals surface area contributed by atoms with Crippen molar-refractivity contribution in [2.24, 2.45) is 5.92 Å². The van der Waals surface area contributed by atoms with Crippen LogP contribution in [0.15, 0.2) is 46.9 Å². The average Bonchev–Trinajstić information content (AvgIpc) is 2.43. The van der Waals surface area contributed by atoms with E-state index in [1.165, 1.54) is 17.2 Å². The largest absolute Gasteiger partial charge is 0.319 e. The molecular weight excluding hydrogens is 329 g/mol. The normalized spacial score (nSPS) is 12.4. The second-order valence-corrected chi connectivity index (χ2v) is 6.47. The van der Waals surface area contributed by atoms with Crippen LogP contribution in [0.1, 0.15) is 16.7 Å².